The molecule has 3 aromatic carbocycles. The van der Waals surface area contributed by atoms with Crippen LogP contribution in [-0.4, -0.2) is 38.6 Å². The Balaban J connectivity index is 1.39. The number of rotatable bonds is 7. The Hall–Kier alpha value is -5.02. The van der Waals surface area contributed by atoms with Gasteiger partial charge < -0.3 is 9.47 Å². The van der Waals surface area contributed by atoms with Gasteiger partial charge in [-0.05, 0) is 72.7 Å². The third kappa shape index (κ3) is 4.90. The summed E-state index contributed by atoms with van der Waals surface area (Å²) in [5.41, 5.74) is 5.18. The second-order valence-corrected chi connectivity index (χ2v) is 10.1. The smallest absolute Gasteiger partial charge is 0.291 e. The summed E-state index contributed by atoms with van der Waals surface area (Å²) in [4.78, 5) is 18.4. The summed E-state index contributed by atoms with van der Waals surface area (Å²) in [6, 6.07) is 23.5. The Kier molecular flexibility index (Phi) is 6.71. The van der Waals surface area contributed by atoms with Crippen molar-refractivity contribution in [2.24, 2.45) is 0 Å². The molecule has 0 bridgehead atoms. The predicted octanol–water partition coefficient (Wildman–Crippen LogP) is 5.05. The molecule has 0 unspecified atom stereocenters. The predicted molar refractivity (Wildman–Crippen MR) is 158 cm³/mol. The third-order valence-corrected chi connectivity index (χ3v) is 7.42. The summed E-state index contributed by atoms with van der Waals surface area (Å²) in [7, 11) is 3.29. The van der Waals surface area contributed by atoms with Gasteiger partial charge in [-0.3, -0.25) is 4.79 Å². The molecule has 6 rings (SSSR count). The maximum absolute atomic E-state index is 13.3. The van der Waals surface area contributed by atoms with Crippen molar-refractivity contribution < 1.29 is 9.47 Å². The van der Waals surface area contributed by atoms with Crippen LogP contribution in [0.4, 0.5) is 0 Å². The van der Waals surface area contributed by atoms with Crippen molar-refractivity contribution in [3.63, 3.8) is 0 Å². The minimum absolute atomic E-state index is 0.221. The van der Waals surface area contributed by atoms with Crippen molar-refractivity contribution in [3.05, 3.63) is 116 Å². The van der Waals surface area contributed by atoms with Crippen molar-refractivity contribution in [2.45, 2.75) is 6.92 Å². The number of benzene rings is 3. The molecule has 0 radical (unpaired) electrons. The van der Waals surface area contributed by atoms with Crippen LogP contribution in [0.3, 0.4) is 0 Å². The standard InChI is InChI=1S/C31H25N5O3S/c1-20-17-22(12-15-26(20)39-3)29-23(19-35(34-29)24-7-5-4-6-8-24)18-27-30(37)36-31(40-27)32-28(33-36)16-11-21-9-13-25(38-2)14-10-21/h4-19H,1-3H3/b16-11+,27-18-. The lowest BCUT2D eigenvalue weighted by molar-refractivity contribution is 0.412. The first-order chi connectivity index (χ1) is 19.5. The lowest BCUT2D eigenvalue weighted by Gasteiger charge is -2.06. The zero-order chi connectivity index (χ0) is 27.6. The van der Waals surface area contributed by atoms with Crippen LogP contribution in [0, 0.1) is 6.92 Å². The molecule has 0 fully saturated rings. The van der Waals surface area contributed by atoms with Crippen LogP contribution in [0.25, 0.3) is 40.1 Å². The summed E-state index contributed by atoms with van der Waals surface area (Å²) in [5, 5.41) is 9.31. The first-order valence-electron chi connectivity index (χ1n) is 12.6. The van der Waals surface area contributed by atoms with Crippen LogP contribution in [0.5, 0.6) is 11.5 Å². The monoisotopic (exact) mass is 547 g/mol. The van der Waals surface area contributed by atoms with E-state index in [2.05, 4.69) is 10.1 Å². The second-order valence-electron chi connectivity index (χ2n) is 9.08. The molecule has 0 amide bonds. The number of methoxy groups -OCH3 is 2. The molecule has 3 heterocycles. The zero-order valence-corrected chi connectivity index (χ0v) is 22.9. The van der Waals surface area contributed by atoms with Gasteiger partial charge in [0.2, 0.25) is 4.96 Å². The Bertz CT molecular complexity index is 1950. The van der Waals surface area contributed by atoms with Gasteiger partial charge in [-0.25, -0.2) is 4.68 Å². The number of ether oxygens (including phenoxy) is 2. The Morgan fingerprint density at radius 1 is 0.900 bits per heavy atom. The van der Waals surface area contributed by atoms with E-state index in [1.54, 1.807) is 20.3 Å². The molecule has 6 aromatic rings. The fourth-order valence-electron chi connectivity index (χ4n) is 4.40. The van der Waals surface area contributed by atoms with Crippen molar-refractivity contribution in [2.75, 3.05) is 14.2 Å². The largest absolute Gasteiger partial charge is 0.497 e. The maximum atomic E-state index is 13.3. The van der Waals surface area contributed by atoms with Gasteiger partial charge >= 0.3 is 0 Å². The van der Waals surface area contributed by atoms with Crippen molar-refractivity contribution in [1.82, 2.24) is 24.4 Å². The van der Waals surface area contributed by atoms with Crippen LogP contribution >= 0.6 is 11.3 Å². The molecule has 0 atom stereocenters. The van der Waals surface area contributed by atoms with Gasteiger partial charge in [0, 0.05) is 17.3 Å². The molecule has 40 heavy (non-hydrogen) atoms. The minimum atomic E-state index is -0.221. The number of fused-ring (bicyclic) bond motifs is 1. The number of aromatic nitrogens is 5. The first kappa shape index (κ1) is 25.3. The molecule has 0 N–H and O–H groups in total. The van der Waals surface area contributed by atoms with E-state index in [1.165, 1.54) is 15.9 Å². The van der Waals surface area contributed by atoms with E-state index < -0.39 is 0 Å². The molecule has 3 aromatic heterocycles. The minimum Gasteiger partial charge on any atom is -0.497 e. The van der Waals surface area contributed by atoms with Gasteiger partial charge in [0.1, 0.15) is 17.2 Å². The highest BCUT2D eigenvalue weighted by Crippen LogP contribution is 2.29. The molecule has 8 nitrogen and oxygen atoms in total. The highest BCUT2D eigenvalue weighted by Gasteiger charge is 2.15. The fourth-order valence-corrected chi connectivity index (χ4v) is 5.31. The normalized spacial score (nSPS) is 12.0. The van der Waals surface area contributed by atoms with Crippen LogP contribution < -0.4 is 19.6 Å². The SMILES string of the molecule is COc1ccc(/C=C/c2nc3s/c(=C\c4cn(-c5ccccc5)nc4-c4ccc(OC)c(C)c4)c(=O)n3n2)cc1. The molecule has 198 valence electrons. The third-order valence-electron chi connectivity index (χ3n) is 6.46. The molecule has 0 aliphatic heterocycles. The van der Waals surface area contributed by atoms with E-state index in [0.717, 1.165) is 45.1 Å². The van der Waals surface area contributed by atoms with E-state index in [9.17, 15) is 4.79 Å². The number of hydrogen-bond acceptors (Lipinski definition) is 7. The van der Waals surface area contributed by atoms with Crippen molar-refractivity contribution in [1.29, 1.82) is 0 Å². The Morgan fingerprint density at radius 2 is 1.70 bits per heavy atom. The molecule has 0 aliphatic carbocycles. The first-order valence-corrected chi connectivity index (χ1v) is 13.4. The maximum Gasteiger partial charge on any atom is 0.291 e. The number of thiazole rings is 1. The highest BCUT2D eigenvalue weighted by atomic mass is 32.1. The van der Waals surface area contributed by atoms with E-state index >= 15 is 0 Å². The summed E-state index contributed by atoms with van der Waals surface area (Å²) >= 11 is 1.30. The van der Waals surface area contributed by atoms with Gasteiger partial charge in [0.15, 0.2) is 5.82 Å². The zero-order valence-electron chi connectivity index (χ0n) is 22.1. The summed E-state index contributed by atoms with van der Waals surface area (Å²) in [6.45, 7) is 2.00. The number of nitrogens with zero attached hydrogens (tertiary/aromatic N) is 5. The van der Waals surface area contributed by atoms with E-state index in [-0.39, 0.29) is 5.56 Å². The number of para-hydroxylation sites is 1. The highest BCUT2D eigenvalue weighted by molar-refractivity contribution is 7.15. The lowest BCUT2D eigenvalue weighted by Crippen LogP contribution is -2.23. The van der Waals surface area contributed by atoms with E-state index in [4.69, 9.17) is 14.6 Å². The van der Waals surface area contributed by atoms with Crippen LogP contribution in [0.15, 0.2) is 83.8 Å². The average molecular weight is 548 g/mol. The number of aryl methyl sites for hydroxylation is 1. The van der Waals surface area contributed by atoms with Crippen molar-refractivity contribution in [3.8, 4) is 28.4 Å². The molecule has 9 heteroatoms. The quantitative estimate of drug-likeness (QED) is 0.278. The fraction of sp³-hybridized carbons (Fsp3) is 0.0968. The van der Waals surface area contributed by atoms with Crippen LogP contribution in [-0.2, 0) is 0 Å². The lowest BCUT2D eigenvalue weighted by atomic mass is 10.0. The molecular weight excluding hydrogens is 522 g/mol. The van der Waals surface area contributed by atoms with Crippen molar-refractivity contribution >= 4 is 34.5 Å². The molecule has 0 aliphatic rings. The topological polar surface area (TPSA) is 83.5 Å². The van der Waals surface area contributed by atoms with Gasteiger partial charge in [-0.2, -0.15) is 14.6 Å². The van der Waals surface area contributed by atoms with Gasteiger partial charge in [0.05, 0.1) is 24.4 Å². The van der Waals surface area contributed by atoms with Crippen LogP contribution in [0.1, 0.15) is 22.5 Å². The summed E-state index contributed by atoms with van der Waals surface area (Å²) < 4.78 is 14.3. The molecule has 0 saturated carbocycles. The molecule has 0 spiro atoms. The molecule has 0 saturated heterocycles. The average Bonchev–Trinajstić information content (AvgIpc) is 3.67. The second kappa shape index (κ2) is 10.6. The van der Waals surface area contributed by atoms with Gasteiger partial charge in [-0.15, -0.1) is 5.10 Å². The summed E-state index contributed by atoms with van der Waals surface area (Å²) in [6.07, 6.45) is 7.48. The van der Waals surface area contributed by atoms with E-state index in [1.807, 2.05) is 103 Å². The van der Waals surface area contributed by atoms with Crippen LogP contribution in [0.2, 0.25) is 0 Å². The molecular formula is C31H25N5O3S. The van der Waals surface area contributed by atoms with Gasteiger partial charge in [0.25, 0.3) is 5.56 Å². The summed E-state index contributed by atoms with van der Waals surface area (Å²) in [5.74, 6) is 2.06. The van der Waals surface area contributed by atoms with Gasteiger partial charge in [-0.1, -0.05) is 47.7 Å². The number of hydrogen-bond donors (Lipinski definition) is 0. The Morgan fingerprint density at radius 3 is 2.40 bits per heavy atom. The van der Waals surface area contributed by atoms with E-state index in [0.29, 0.717) is 15.3 Å². The Labute approximate surface area is 234 Å².